The highest BCUT2D eigenvalue weighted by Gasteiger charge is 2.21. The fourth-order valence-corrected chi connectivity index (χ4v) is 0.761. The molecule has 0 aromatic carbocycles. The third-order valence-electron chi connectivity index (χ3n) is 1.48. The summed E-state index contributed by atoms with van der Waals surface area (Å²) >= 11 is -0.201. The van der Waals surface area contributed by atoms with Crippen molar-refractivity contribution >= 4 is 18.7 Å². The van der Waals surface area contributed by atoms with E-state index in [9.17, 15) is 8.68 Å². The van der Waals surface area contributed by atoms with E-state index in [2.05, 4.69) is 10.8 Å². The third kappa shape index (κ3) is 3.53. The molecule has 0 heterocycles. The second-order valence-corrected chi connectivity index (χ2v) is 3.21. The van der Waals surface area contributed by atoms with Crippen molar-refractivity contribution in [2.24, 2.45) is 5.41 Å². The average molecular weight is 178 g/mol. The van der Waals surface area contributed by atoms with Crippen LogP contribution >= 0.6 is 12.4 Å². The lowest BCUT2D eigenvalue weighted by atomic mass is 9.87. The van der Waals surface area contributed by atoms with E-state index in [1.165, 1.54) is 0 Å². The maximum atomic E-state index is 11.5. The van der Waals surface area contributed by atoms with Crippen LogP contribution in [0.15, 0.2) is 12.2 Å². The van der Waals surface area contributed by atoms with Crippen molar-refractivity contribution in [2.45, 2.75) is 13.8 Å². The molecule has 0 amide bonds. The molecule has 0 aliphatic heterocycles. The van der Waals surface area contributed by atoms with E-state index in [0.29, 0.717) is 11.9 Å². The van der Waals surface area contributed by atoms with Crippen LogP contribution < -0.4 is 0 Å². The van der Waals surface area contributed by atoms with Crippen LogP contribution in [0.3, 0.4) is 0 Å². The lowest BCUT2D eigenvalue weighted by Gasteiger charge is -2.21. The van der Waals surface area contributed by atoms with E-state index in [0.717, 1.165) is 0 Å². The highest BCUT2D eigenvalue weighted by Crippen LogP contribution is 2.25. The molecule has 0 saturated heterocycles. The number of hydrogen-bond acceptors (Lipinski definition) is 3. The second kappa shape index (κ2) is 4.51. The molecule has 0 bridgehead atoms. The zero-order valence-corrected chi connectivity index (χ0v) is 7.41. The molecule has 0 fully saturated rings. The molecule has 0 atom stereocenters. The molecule has 11 heavy (non-hydrogen) atoms. The molecule has 2 nitrogen and oxygen atoms in total. The standard InChI is InChI=1S/C7H11FO2S/c1-6(4-9)7(2,3)5-10-11-8/h4H,1,5H2,2-3H3. The summed E-state index contributed by atoms with van der Waals surface area (Å²) in [5.74, 6) is 0. The molecule has 0 rings (SSSR count). The highest BCUT2D eigenvalue weighted by atomic mass is 32.2. The normalized spacial score (nSPS) is 11.2. The van der Waals surface area contributed by atoms with Crippen LogP contribution in [0.25, 0.3) is 0 Å². The van der Waals surface area contributed by atoms with E-state index >= 15 is 0 Å². The Morgan fingerprint density at radius 3 is 2.73 bits per heavy atom. The van der Waals surface area contributed by atoms with Gasteiger partial charge in [0, 0.05) is 5.41 Å². The first-order valence-corrected chi connectivity index (χ1v) is 3.73. The summed E-state index contributed by atoms with van der Waals surface area (Å²) < 4.78 is 15.9. The van der Waals surface area contributed by atoms with E-state index in [1.54, 1.807) is 13.8 Å². The number of halogens is 1. The van der Waals surface area contributed by atoms with Gasteiger partial charge in [0.2, 0.25) is 12.4 Å². The van der Waals surface area contributed by atoms with Crippen LogP contribution in [0.1, 0.15) is 13.8 Å². The van der Waals surface area contributed by atoms with Crippen molar-refractivity contribution in [3.8, 4) is 0 Å². The van der Waals surface area contributed by atoms with Crippen LogP contribution in [0.2, 0.25) is 0 Å². The zero-order chi connectivity index (χ0) is 8.91. The molecule has 0 aromatic rings. The lowest BCUT2D eigenvalue weighted by molar-refractivity contribution is -0.105. The molecule has 0 aromatic heterocycles. The van der Waals surface area contributed by atoms with E-state index < -0.39 is 5.41 Å². The lowest BCUT2D eigenvalue weighted by Crippen LogP contribution is -2.20. The summed E-state index contributed by atoms with van der Waals surface area (Å²) in [7, 11) is 0. The van der Waals surface area contributed by atoms with Crippen LogP contribution in [0, 0.1) is 5.41 Å². The van der Waals surface area contributed by atoms with Crippen molar-refractivity contribution in [3.63, 3.8) is 0 Å². The largest absolute Gasteiger partial charge is 0.298 e. The van der Waals surface area contributed by atoms with Crippen molar-refractivity contribution < 1.29 is 12.9 Å². The topological polar surface area (TPSA) is 26.3 Å². The minimum atomic E-state index is -0.485. The van der Waals surface area contributed by atoms with Gasteiger partial charge in [-0.25, -0.2) is 0 Å². The summed E-state index contributed by atoms with van der Waals surface area (Å²) in [6, 6.07) is 0. The quantitative estimate of drug-likeness (QED) is 0.367. The van der Waals surface area contributed by atoms with Gasteiger partial charge in [0.15, 0.2) is 0 Å². The fourth-order valence-electron chi connectivity index (χ4n) is 0.422. The van der Waals surface area contributed by atoms with E-state index in [-0.39, 0.29) is 19.0 Å². The minimum Gasteiger partial charge on any atom is -0.298 e. The van der Waals surface area contributed by atoms with Crippen molar-refractivity contribution in [1.29, 1.82) is 0 Å². The Labute approximate surface area is 70.3 Å². The molecule has 0 N–H and O–H groups in total. The third-order valence-corrected chi connectivity index (χ3v) is 1.68. The summed E-state index contributed by atoms with van der Waals surface area (Å²) in [6.45, 7) is 7.19. The van der Waals surface area contributed by atoms with Gasteiger partial charge in [0.25, 0.3) is 0 Å². The maximum Gasteiger partial charge on any atom is 0.208 e. The van der Waals surface area contributed by atoms with Crippen LogP contribution in [-0.2, 0) is 8.98 Å². The number of hydrogen-bond donors (Lipinski definition) is 0. The molecule has 0 saturated carbocycles. The maximum absolute atomic E-state index is 11.5. The fraction of sp³-hybridized carbons (Fsp3) is 0.571. The molecule has 0 radical (unpaired) electrons. The highest BCUT2D eigenvalue weighted by molar-refractivity contribution is 7.89. The van der Waals surface area contributed by atoms with Crippen molar-refractivity contribution in [3.05, 3.63) is 12.2 Å². The van der Waals surface area contributed by atoms with Crippen molar-refractivity contribution in [1.82, 2.24) is 0 Å². The Morgan fingerprint density at radius 1 is 1.82 bits per heavy atom. The molecule has 0 unspecified atom stereocenters. The molecule has 0 aliphatic carbocycles. The summed E-state index contributed by atoms with van der Waals surface area (Å²) in [5, 5.41) is 0. The number of rotatable bonds is 5. The van der Waals surface area contributed by atoms with Crippen LogP contribution in [0.5, 0.6) is 0 Å². The molecule has 64 valence electrons. The smallest absolute Gasteiger partial charge is 0.208 e. The monoisotopic (exact) mass is 178 g/mol. The Bertz CT molecular complexity index is 157. The summed E-state index contributed by atoms with van der Waals surface area (Å²) in [6.07, 6.45) is 0.659. The molecule has 0 aliphatic rings. The van der Waals surface area contributed by atoms with E-state index in [4.69, 9.17) is 0 Å². The SMILES string of the molecule is C=C(C=O)C(C)(C)COSF. The van der Waals surface area contributed by atoms with Crippen LogP contribution in [0.4, 0.5) is 3.89 Å². The Hall–Kier alpha value is -0.350. The molecule has 4 heteroatoms. The van der Waals surface area contributed by atoms with Gasteiger partial charge in [-0.3, -0.25) is 8.98 Å². The Kier molecular flexibility index (Phi) is 4.37. The molecular weight excluding hydrogens is 167 g/mol. The van der Waals surface area contributed by atoms with Gasteiger partial charge in [0.1, 0.15) is 6.29 Å². The van der Waals surface area contributed by atoms with Gasteiger partial charge in [-0.05, 0) is 5.57 Å². The Morgan fingerprint density at radius 2 is 2.36 bits per heavy atom. The number of carbonyl (C=O) groups excluding carboxylic acids is 1. The van der Waals surface area contributed by atoms with Gasteiger partial charge in [-0.1, -0.05) is 20.4 Å². The first kappa shape index (κ1) is 10.7. The van der Waals surface area contributed by atoms with Gasteiger partial charge in [-0.2, -0.15) is 0 Å². The molecule has 0 spiro atoms. The predicted molar refractivity (Wildman–Crippen MR) is 43.6 cm³/mol. The summed E-state index contributed by atoms with van der Waals surface area (Å²) in [4.78, 5) is 10.3. The number of carbonyl (C=O) groups is 1. The predicted octanol–water partition coefficient (Wildman–Crippen LogP) is 2.32. The molecular formula is C7H11FO2S. The van der Waals surface area contributed by atoms with Crippen molar-refractivity contribution in [2.75, 3.05) is 6.61 Å². The first-order valence-electron chi connectivity index (χ1n) is 3.09. The van der Waals surface area contributed by atoms with E-state index in [1.807, 2.05) is 0 Å². The van der Waals surface area contributed by atoms with Crippen LogP contribution in [-0.4, -0.2) is 12.9 Å². The first-order chi connectivity index (χ1) is 5.04. The summed E-state index contributed by atoms with van der Waals surface area (Å²) in [5.41, 5.74) is -0.0764. The van der Waals surface area contributed by atoms with Gasteiger partial charge < -0.3 is 0 Å². The van der Waals surface area contributed by atoms with Gasteiger partial charge in [0.05, 0.1) is 6.61 Å². The zero-order valence-electron chi connectivity index (χ0n) is 6.59. The minimum absolute atomic E-state index is 0.145. The average Bonchev–Trinajstić information content (AvgIpc) is 1.99. The Balaban J connectivity index is 3.98. The second-order valence-electron chi connectivity index (χ2n) is 2.85. The van der Waals surface area contributed by atoms with Gasteiger partial charge >= 0.3 is 0 Å². The van der Waals surface area contributed by atoms with Gasteiger partial charge in [-0.15, -0.1) is 3.89 Å². The number of aldehydes is 1.